The summed E-state index contributed by atoms with van der Waals surface area (Å²) in [6, 6.07) is 0. The van der Waals surface area contributed by atoms with Gasteiger partial charge in [-0.25, -0.2) is 4.18 Å². The summed E-state index contributed by atoms with van der Waals surface area (Å²) in [5.74, 6) is -1.31. The number of hydrogen-bond donors (Lipinski definition) is 17. The van der Waals surface area contributed by atoms with Gasteiger partial charge in [0, 0.05) is 12.3 Å². The Labute approximate surface area is 568 Å². The second kappa shape index (κ2) is 30.6. The first kappa shape index (κ1) is 78.7. The molecule has 6 heterocycles. The molecule has 4 aliphatic carbocycles. The molecule has 10 rings (SSSR count). The van der Waals surface area contributed by atoms with Gasteiger partial charge in [-0.3, -0.25) is 9.35 Å². The summed E-state index contributed by atoms with van der Waals surface area (Å²) in [7, 11) is -4.93. The van der Waals surface area contributed by atoms with Gasteiger partial charge in [0.25, 0.3) is 0 Å². The molecule has 566 valence electrons. The van der Waals surface area contributed by atoms with Crippen LogP contribution in [0.2, 0.25) is 0 Å². The normalized spacial score (nSPS) is 51.9. The Morgan fingerprint density at radius 3 is 1.56 bits per heavy atom. The summed E-state index contributed by atoms with van der Waals surface area (Å²) in [5, 5.41) is 180. The lowest BCUT2D eigenvalue weighted by Gasteiger charge is -2.60. The van der Waals surface area contributed by atoms with Gasteiger partial charge >= 0.3 is 10.4 Å². The molecular formula is C64H106O33S. The SMILES string of the molecule is CC(C)[C@H](C)C(=O)C[C@](C)(O)[C@H]1CC[C@H]2[C@@H]3C[C@H](O[C@@H]4O[C@H](C)[C@@H](O)[C@H](O[C@@H]5O[C@H](C)[C@@H](O[C@@H]6O[C@H](CO)[C@@H](O[C@@H]7O[C@H](CO)[C@@H](O)[C@H](O)[C@H]7O)[C@H](O)[C@H]6O[C@@H]6O[C@H](C)[C@H](O)[C@H](O)[C@H]6O)[C@H](O)[C@H]5O[C@@H]5O[C@H](C)[C@@H](O)[C@H](O)[C@H]5O)[C@H]4O)[C@H]4C[C@@H](OS(=O)(=O)O)CC[C@]4(C)C3=CC[C@@]21C. The summed E-state index contributed by atoms with van der Waals surface area (Å²) >= 11 is 0. The van der Waals surface area contributed by atoms with Gasteiger partial charge in [-0.1, -0.05) is 46.3 Å². The Morgan fingerprint density at radius 2 is 1.01 bits per heavy atom. The van der Waals surface area contributed by atoms with Crippen LogP contribution in [0.1, 0.15) is 121 Å². The molecule has 98 heavy (non-hydrogen) atoms. The van der Waals surface area contributed by atoms with Crippen LogP contribution in [0.25, 0.3) is 0 Å². The molecule has 34 heteroatoms. The van der Waals surface area contributed by atoms with E-state index in [1.54, 1.807) is 6.92 Å². The van der Waals surface area contributed by atoms with E-state index in [-0.39, 0.29) is 61.1 Å². The quantitative estimate of drug-likeness (QED) is 0.0383. The number of aliphatic hydroxyl groups is 16. The minimum absolute atomic E-state index is 0.0254. The van der Waals surface area contributed by atoms with E-state index in [1.807, 2.05) is 20.8 Å². The summed E-state index contributed by atoms with van der Waals surface area (Å²) in [4.78, 5) is 13.6. The van der Waals surface area contributed by atoms with Crippen molar-refractivity contribution < 1.29 is 160 Å². The number of fused-ring (bicyclic) bond motifs is 5. The molecule has 0 radical (unpaired) electrons. The van der Waals surface area contributed by atoms with Crippen LogP contribution in [0.5, 0.6) is 0 Å². The molecule has 0 spiro atoms. The molecule has 0 aromatic rings. The molecule has 6 saturated heterocycles. The predicted molar refractivity (Wildman–Crippen MR) is 327 cm³/mol. The first-order chi connectivity index (χ1) is 45.8. The highest BCUT2D eigenvalue weighted by Crippen LogP contribution is 2.68. The van der Waals surface area contributed by atoms with Crippen molar-refractivity contribution in [3.63, 3.8) is 0 Å². The molecular weight excluding hydrogens is 1330 g/mol. The Kier molecular flexibility index (Phi) is 24.6. The Balaban J connectivity index is 0.939. The Bertz CT molecular complexity index is 2820. The van der Waals surface area contributed by atoms with Crippen LogP contribution in [0, 0.1) is 46.3 Å². The third kappa shape index (κ3) is 15.3. The van der Waals surface area contributed by atoms with Crippen molar-refractivity contribution in [2.45, 2.75) is 323 Å². The van der Waals surface area contributed by atoms with Crippen LogP contribution >= 0.6 is 0 Å². The molecule has 0 unspecified atom stereocenters. The fourth-order valence-corrected chi connectivity index (χ4v) is 18.0. The second-order valence-electron chi connectivity index (χ2n) is 30.3. The molecule has 40 atom stereocenters. The molecule has 9 fully saturated rings. The van der Waals surface area contributed by atoms with E-state index < -0.39 is 242 Å². The van der Waals surface area contributed by atoms with Gasteiger partial charge < -0.3 is 139 Å². The van der Waals surface area contributed by atoms with Gasteiger partial charge in [0.2, 0.25) is 0 Å². The number of carbonyl (C=O) groups is 1. The summed E-state index contributed by atoms with van der Waals surface area (Å²) in [6.07, 6.45) is -51.2. The van der Waals surface area contributed by atoms with Crippen molar-refractivity contribution in [1.82, 2.24) is 0 Å². The monoisotopic (exact) mass is 1430 g/mol. The van der Waals surface area contributed by atoms with Crippen molar-refractivity contribution in [3.8, 4) is 0 Å². The number of ether oxygens (including phenoxy) is 12. The van der Waals surface area contributed by atoms with Crippen molar-refractivity contribution in [3.05, 3.63) is 11.6 Å². The first-order valence-electron chi connectivity index (χ1n) is 34.3. The van der Waals surface area contributed by atoms with Crippen LogP contribution in [0.4, 0.5) is 0 Å². The molecule has 0 bridgehead atoms. The first-order valence-corrected chi connectivity index (χ1v) is 35.7. The molecule has 0 amide bonds. The molecule has 0 aromatic heterocycles. The van der Waals surface area contributed by atoms with Gasteiger partial charge in [-0.05, 0) is 120 Å². The minimum atomic E-state index is -4.93. The smallest absolute Gasteiger partial charge is 0.394 e. The number of ketones is 1. The minimum Gasteiger partial charge on any atom is -0.394 e. The molecule has 17 N–H and O–H groups in total. The maximum Gasteiger partial charge on any atom is 0.397 e. The van der Waals surface area contributed by atoms with E-state index in [2.05, 4.69) is 19.9 Å². The van der Waals surface area contributed by atoms with E-state index >= 15 is 0 Å². The average molecular weight is 1440 g/mol. The highest BCUT2D eigenvalue weighted by Gasteiger charge is 2.65. The van der Waals surface area contributed by atoms with E-state index in [4.69, 9.17) is 61.0 Å². The van der Waals surface area contributed by atoms with Gasteiger partial charge in [0.05, 0.1) is 55.4 Å². The zero-order valence-corrected chi connectivity index (χ0v) is 57.4. The fourth-order valence-electron chi connectivity index (χ4n) is 17.5. The largest absolute Gasteiger partial charge is 0.397 e. The second-order valence-corrected chi connectivity index (χ2v) is 31.3. The van der Waals surface area contributed by atoms with Crippen molar-refractivity contribution in [2.75, 3.05) is 13.2 Å². The van der Waals surface area contributed by atoms with Gasteiger partial charge in [0.15, 0.2) is 37.7 Å². The number of Topliss-reactive ketones (excluding diaryl/α,β-unsaturated/α-hetero) is 1. The number of aliphatic hydroxyl groups excluding tert-OH is 15. The van der Waals surface area contributed by atoms with Crippen molar-refractivity contribution in [1.29, 1.82) is 0 Å². The van der Waals surface area contributed by atoms with Gasteiger partial charge in [-0.2, -0.15) is 8.42 Å². The summed E-state index contributed by atoms with van der Waals surface area (Å²) < 4.78 is 114. The maximum absolute atomic E-state index is 13.6. The molecule has 3 saturated carbocycles. The maximum atomic E-state index is 13.6. The summed E-state index contributed by atoms with van der Waals surface area (Å²) in [5.41, 5.74) is -1.43. The standard InChI is InChI=1S/C64H106O33S/c1-22(2)23(3)33(67)19-64(10,81)37-12-11-30-29-18-34(32-17-28(97-98(82,83)84)13-15-62(32,8)31(29)14-16-63(30,37)9)89-59-50(80)53(40(70)26(6)87-59)94-60-54(95-56-45(75)42(72)38(68)24(4)85-56)48(78)51(27(7)88-60)92-61-55(96-57-46(76)43(73)39(69)25(5)86-57)49(79)52(36(21-66)91-61)93-58-47(77)44(74)41(71)35(20-65)90-58/h14,22-30,32,34-61,65-66,68-81H,11-13,15-21H2,1-10H3,(H,82,83,84)/t23-,24+,25+,26+,27+,28-,29-,30-,32+,34-,35+,36+,37-,38+,39-,40+,41+,42-,43-,44-,45+,46+,47+,48-,49-,50+,51+,52+,53-,54+,55+,56-,57-,58-,59-,60-,61-,62+,63-,64-/m0/s1. The summed E-state index contributed by atoms with van der Waals surface area (Å²) in [6.45, 7) is 15.3. The molecule has 6 aliphatic heterocycles. The highest BCUT2D eigenvalue weighted by molar-refractivity contribution is 7.80. The number of rotatable bonds is 21. The lowest BCUT2D eigenvalue weighted by atomic mass is 9.47. The molecule has 33 nitrogen and oxygen atoms in total. The zero-order valence-electron chi connectivity index (χ0n) is 56.6. The van der Waals surface area contributed by atoms with Crippen LogP contribution in [-0.4, -0.2) is 316 Å². The van der Waals surface area contributed by atoms with E-state index in [1.165, 1.54) is 27.7 Å². The third-order valence-electron chi connectivity index (χ3n) is 23.6. The molecule has 0 aromatic carbocycles. The average Bonchev–Trinajstić information content (AvgIpc) is 1.39. The predicted octanol–water partition coefficient (Wildman–Crippen LogP) is -4.22. The van der Waals surface area contributed by atoms with Crippen LogP contribution in [0.15, 0.2) is 11.6 Å². The fraction of sp³-hybridized carbons (Fsp3) is 0.953. The molecule has 10 aliphatic rings. The number of hydrogen-bond acceptors (Lipinski definition) is 32. The van der Waals surface area contributed by atoms with E-state index in [9.17, 15) is 99.5 Å². The number of carbonyl (C=O) groups excluding carboxylic acids is 1. The Morgan fingerprint density at radius 1 is 0.541 bits per heavy atom. The lowest BCUT2D eigenvalue weighted by Crippen LogP contribution is -2.69. The van der Waals surface area contributed by atoms with Gasteiger partial charge in [-0.15, -0.1) is 0 Å². The van der Waals surface area contributed by atoms with E-state index in [0.717, 1.165) is 5.57 Å². The van der Waals surface area contributed by atoms with E-state index in [0.29, 0.717) is 25.7 Å². The van der Waals surface area contributed by atoms with Crippen LogP contribution < -0.4 is 0 Å². The van der Waals surface area contributed by atoms with Gasteiger partial charge in [0.1, 0.15) is 128 Å². The van der Waals surface area contributed by atoms with Crippen molar-refractivity contribution in [2.24, 2.45) is 46.3 Å². The lowest BCUT2D eigenvalue weighted by molar-refractivity contribution is -0.413. The van der Waals surface area contributed by atoms with Crippen LogP contribution in [0.3, 0.4) is 0 Å². The highest BCUT2D eigenvalue weighted by atomic mass is 32.3. The number of allylic oxidation sites excluding steroid dienone is 2. The zero-order chi connectivity index (χ0) is 72.1. The third-order valence-corrected chi connectivity index (χ3v) is 24.1. The van der Waals surface area contributed by atoms with Crippen LogP contribution in [-0.2, 0) is 76.2 Å². The Hall–Kier alpha value is -1.84. The topological polar surface area (TPSA) is 515 Å². The van der Waals surface area contributed by atoms with Crippen molar-refractivity contribution >= 4 is 16.2 Å².